The van der Waals surface area contributed by atoms with Gasteiger partial charge in [0.05, 0.1) is 6.04 Å². The van der Waals surface area contributed by atoms with Crippen LogP contribution in [0.1, 0.15) is 43.7 Å². The van der Waals surface area contributed by atoms with Gasteiger partial charge in [-0.2, -0.15) is 0 Å². The molecule has 0 bridgehead atoms. The second-order valence-corrected chi connectivity index (χ2v) is 6.87. The zero-order valence-electron chi connectivity index (χ0n) is 14.8. The molecule has 25 heavy (non-hydrogen) atoms. The minimum Gasteiger partial charge on any atom is -0.354 e. The van der Waals surface area contributed by atoms with Crippen molar-refractivity contribution in [3.05, 3.63) is 35.9 Å². The van der Waals surface area contributed by atoms with Crippen LogP contribution in [0.2, 0.25) is 0 Å². The van der Waals surface area contributed by atoms with Crippen LogP contribution in [0.4, 0.5) is 0 Å². The predicted molar refractivity (Wildman–Crippen MR) is 108 cm³/mol. The van der Waals surface area contributed by atoms with Crippen LogP contribution in [0.25, 0.3) is 0 Å². The molecule has 1 amide bonds. The summed E-state index contributed by atoms with van der Waals surface area (Å²) < 4.78 is 0. The number of nitrogens with one attached hydrogen (secondary N) is 2. The van der Waals surface area contributed by atoms with Crippen molar-refractivity contribution in [2.75, 3.05) is 32.7 Å². The Morgan fingerprint density at radius 1 is 1.20 bits per heavy atom. The fourth-order valence-electron chi connectivity index (χ4n) is 3.78. The highest BCUT2D eigenvalue weighted by atomic mass is 35.5. The molecule has 2 fully saturated rings. The summed E-state index contributed by atoms with van der Waals surface area (Å²) in [6.07, 6.45) is 5.43. The number of amides is 1. The molecule has 2 aliphatic heterocycles. The molecule has 1 aromatic rings. The lowest BCUT2D eigenvalue weighted by molar-refractivity contribution is -0.121. The van der Waals surface area contributed by atoms with Crippen LogP contribution in [0.5, 0.6) is 0 Å². The van der Waals surface area contributed by atoms with E-state index in [-0.39, 0.29) is 30.7 Å². The molecule has 6 heteroatoms. The van der Waals surface area contributed by atoms with Crippen LogP contribution in [0, 0.1) is 5.92 Å². The Kier molecular flexibility index (Phi) is 10.4. The predicted octanol–water partition coefficient (Wildman–Crippen LogP) is 3.17. The molecule has 2 heterocycles. The Labute approximate surface area is 163 Å². The number of carbonyl (C=O) groups is 1. The minimum atomic E-state index is 0. The molecular weight excluding hydrogens is 357 g/mol. The zero-order chi connectivity index (χ0) is 15.9. The molecule has 4 nitrogen and oxygen atoms in total. The van der Waals surface area contributed by atoms with Gasteiger partial charge in [0.1, 0.15) is 0 Å². The molecule has 2 saturated heterocycles. The van der Waals surface area contributed by atoms with E-state index >= 15 is 0 Å². The van der Waals surface area contributed by atoms with Gasteiger partial charge in [0, 0.05) is 13.0 Å². The quantitative estimate of drug-likeness (QED) is 0.754. The van der Waals surface area contributed by atoms with Gasteiger partial charge < -0.3 is 10.6 Å². The molecule has 2 atom stereocenters. The van der Waals surface area contributed by atoms with E-state index in [0.29, 0.717) is 18.4 Å². The van der Waals surface area contributed by atoms with Crippen LogP contribution in [-0.2, 0) is 4.79 Å². The Morgan fingerprint density at radius 3 is 2.56 bits per heavy atom. The second kappa shape index (κ2) is 11.7. The van der Waals surface area contributed by atoms with Crippen molar-refractivity contribution in [3.8, 4) is 0 Å². The first kappa shape index (κ1) is 22.2. The fourth-order valence-corrected chi connectivity index (χ4v) is 3.78. The van der Waals surface area contributed by atoms with E-state index in [2.05, 4.69) is 45.9 Å². The summed E-state index contributed by atoms with van der Waals surface area (Å²) >= 11 is 0. The van der Waals surface area contributed by atoms with Crippen molar-refractivity contribution in [1.82, 2.24) is 15.5 Å². The number of hydrogen-bond acceptors (Lipinski definition) is 3. The summed E-state index contributed by atoms with van der Waals surface area (Å²) in [4.78, 5) is 14.7. The molecule has 2 N–H and O–H groups in total. The van der Waals surface area contributed by atoms with Crippen molar-refractivity contribution in [2.45, 2.75) is 38.1 Å². The van der Waals surface area contributed by atoms with Crippen LogP contribution in [0.3, 0.4) is 0 Å². The largest absolute Gasteiger partial charge is 0.354 e. The summed E-state index contributed by atoms with van der Waals surface area (Å²) in [6.45, 7) is 5.20. The standard InChI is InChI=1S/C19H29N3O.2ClH/c23-19(9-8-16-10-11-20-14-16)21-15-18(22-12-4-5-13-22)17-6-2-1-3-7-17;;/h1-3,6-7,16,18,20H,4-5,8-15H2,(H,21,23);2*1H. The molecule has 3 rings (SSSR count). The summed E-state index contributed by atoms with van der Waals surface area (Å²) in [5.74, 6) is 0.890. The maximum Gasteiger partial charge on any atom is 0.220 e. The average molecular weight is 388 g/mol. The highest BCUT2D eigenvalue weighted by molar-refractivity contribution is 5.85. The second-order valence-electron chi connectivity index (χ2n) is 6.87. The van der Waals surface area contributed by atoms with Gasteiger partial charge in [0.2, 0.25) is 5.91 Å². The van der Waals surface area contributed by atoms with Crippen molar-refractivity contribution < 1.29 is 4.79 Å². The molecule has 2 unspecified atom stereocenters. The number of nitrogens with zero attached hydrogens (tertiary/aromatic N) is 1. The number of benzene rings is 1. The Bertz CT molecular complexity index is 489. The zero-order valence-corrected chi connectivity index (χ0v) is 16.4. The third-order valence-electron chi connectivity index (χ3n) is 5.20. The Balaban J connectivity index is 0.00000156. The first-order valence-electron chi connectivity index (χ1n) is 9.09. The van der Waals surface area contributed by atoms with Crippen LogP contribution < -0.4 is 10.6 Å². The van der Waals surface area contributed by atoms with E-state index in [1.165, 1.54) is 24.8 Å². The molecule has 0 aromatic heterocycles. The molecular formula is C19H31Cl2N3O. The van der Waals surface area contributed by atoms with Crippen LogP contribution in [-0.4, -0.2) is 43.5 Å². The Hall–Kier alpha value is -0.810. The van der Waals surface area contributed by atoms with Gasteiger partial charge in [0.25, 0.3) is 0 Å². The number of rotatable bonds is 7. The van der Waals surface area contributed by atoms with E-state index in [1.54, 1.807) is 0 Å². The molecule has 0 spiro atoms. The van der Waals surface area contributed by atoms with Gasteiger partial charge >= 0.3 is 0 Å². The third kappa shape index (κ3) is 6.78. The summed E-state index contributed by atoms with van der Waals surface area (Å²) in [6, 6.07) is 10.9. The maximum absolute atomic E-state index is 12.2. The van der Waals surface area contributed by atoms with Gasteiger partial charge in [-0.15, -0.1) is 24.8 Å². The van der Waals surface area contributed by atoms with Gasteiger partial charge in [-0.05, 0) is 63.3 Å². The summed E-state index contributed by atoms with van der Waals surface area (Å²) in [5.41, 5.74) is 1.31. The lowest BCUT2D eigenvalue weighted by Crippen LogP contribution is -2.36. The number of halogens is 2. The number of likely N-dealkylation sites (tertiary alicyclic amines) is 1. The number of hydrogen-bond donors (Lipinski definition) is 2. The van der Waals surface area contributed by atoms with Crippen LogP contribution >= 0.6 is 24.8 Å². The molecule has 0 saturated carbocycles. The molecule has 0 radical (unpaired) electrons. The minimum absolute atomic E-state index is 0. The third-order valence-corrected chi connectivity index (χ3v) is 5.20. The van der Waals surface area contributed by atoms with Gasteiger partial charge in [-0.1, -0.05) is 30.3 Å². The first-order valence-corrected chi connectivity index (χ1v) is 9.09. The topological polar surface area (TPSA) is 44.4 Å². The first-order chi connectivity index (χ1) is 11.3. The highest BCUT2D eigenvalue weighted by Gasteiger charge is 2.24. The van der Waals surface area contributed by atoms with Crippen molar-refractivity contribution in [1.29, 1.82) is 0 Å². The normalized spacial score (nSPS) is 21.2. The van der Waals surface area contributed by atoms with Gasteiger partial charge in [-0.25, -0.2) is 0 Å². The van der Waals surface area contributed by atoms with Gasteiger partial charge in [0.15, 0.2) is 0 Å². The molecule has 2 aliphatic rings. The lowest BCUT2D eigenvalue weighted by atomic mass is 10.0. The summed E-state index contributed by atoms with van der Waals surface area (Å²) in [5, 5.41) is 6.55. The monoisotopic (exact) mass is 387 g/mol. The van der Waals surface area contributed by atoms with E-state index in [1.807, 2.05) is 0 Å². The SMILES string of the molecule is Cl.Cl.O=C(CCC1CCNC1)NCC(c1ccccc1)N1CCCC1. The fraction of sp³-hybridized carbons (Fsp3) is 0.632. The molecule has 1 aromatic carbocycles. The van der Waals surface area contributed by atoms with E-state index in [4.69, 9.17) is 0 Å². The van der Waals surface area contributed by atoms with Crippen molar-refractivity contribution in [3.63, 3.8) is 0 Å². The molecule has 142 valence electrons. The van der Waals surface area contributed by atoms with Crippen LogP contribution in [0.15, 0.2) is 30.3 Å². The van der Waals surface area contributed by atoms with Crippen molar-refractivity contribution >= 4 is 30.7 Å². The van der Waals surface area contributed by atoms with E-state index < -0.39 is 0 Å². The van der Waals surface area contributed by atoms with Crippen molar-refractivity contribution in [2.24, 2.45) is 5.92 Å². The summed E-state index contributed by atoms with van der Waals surface area (Å²) in [7, 11) is 0. The van der Waals surface area contributed by atoms with E-state index in [9.17, 15) is 4.79 Å². The number of carbonyl (C=O) groups excluding carboxylic acids is 1. The maximum atomic E-state index is 12.2. The highest BCUT2D eigenvalue weighted by Crippen LogP contribution is 2.24. The molecule has 0 aliphatic carbocycles. The van der Waals surface area contributed by atoms with Gasteiger partial charge in [-0.3, -0.25) is 9.69 Å². The van der Waals surface area contributed by atoms with E-state index in [0.717, 1.165) is 39.1 Å². The Morgan fingerprint density at radius 2 is 1.92 bits per heavy atom. The smallest absolute Gasteiger partial charge is 0.220 e. The average Bonchev–Trinajstić information content (AvgIpc) is 3.28. The lowest BCUT2D eigenvalue weighted by Gasteiger charge is -2.28.